The molecule has 0 spiro atoms. The molecule has 1 aliphatic carbocycles. The lowest BCUT2D eigenvalue weighted by Gasteiger charge is -2.29. The number of nitrogens with one attached hydrogen (secondary N) is 1. The smallest absolute Gasteiger partial charge is 0.223 e. The molecule has 3 aromatic rings. The standard InChI is InChI=1S/C20H24N6/c1-12-5-4-6-13(9-12)14-10-23-19(22)15-11-24-20(26-18(14)15)25-17-8-3-2-7-16(17)21/h4-6,9-11,16-17H,2-3,7-8,21H2,1H3,(H2,22,23)(H,24,25,26). The van der Waals surface area contributed by atoms with Crippen molar-refractivity contribution in [1.29, 1.82) is 0 Å². The van der Waals surface area contributed by atoms with Crippen LogP contribution < -0.4 is 16.8 Å². The van der Waals surface area contributed by atoms with Crippen molar-refractivity contribution in [3.63, 3.8) is 0 Å². The Kier molecular flexibility index (Phi) is 4.42. The second kappa shape index (κ2) is 6.88. The molecule has 1 saturated carbocycles. The largest absolute Gasteiger partial charge is 0.383 e. The Morgan fingerprint density at radius 1 is 1.12 bits per heavy atom. The Morgan fingerprint density at radius 3 is 2.77 bits per heavy atom. The number of hydrogen-bond donors (Lipinski definition) is 3. The van der Waals surface area contributed by atoms with Crippen molar-refractivity contribution in [3.8, 4) is 11.1 Å². The maximum atomic E-state index is 6.25. The van der Waals surface area contributed by atoms with Crippen molar-refractivity contribution in [2.45, 2.75) is 44.7 Å². The normalized spacial score (nSPS) is 20.2. The van der Waals surface area contributed by atoms with Gasteiger partial charge in [-0.05, 0) is 25.3 Å². The summed E-state index contributed by atoms with van der Waals surface area (Å²) < 4.78 is 0. The Bertz CT molecular complexity index is 939. The predicted molar refractivity (Wildman–Crippen MR) is 106 cm³/mol. The molecule has 0 amide bonds. The van der Waals surface area contributed by atoms with Gasteiger partial charge in [-0.2, -0.15) is 0 Å². The van der Waals surface area contributed by atoms with Gasteiger partial charge in [-0.25, -0.2) is 15.0 Å². The monoisotopic (exact) mass is 348 g/mol. The van der Waals surface area contributed by atoms with E-state index in [0.717, 1.165) is 34.9 Å². The first-order valence-corrected chi connectivity index (χ1v) is 9.12. The lowest BCUT2D eigenvalue weighted by atomic mass is 9.91. The summed E-state index contributed by atoms with van der Waals surface area (Å²) in [5, 5.41) is 4.19. The summed E-state index contributed by atoms with van der Waals surface area (Å²) in [5.74, 6) is 1.04. The number of aromatic nitrogens is 3. The lowest BCUT2D eigenvalue weighted by Crippen LogP contribution is -2.42. The third-order valence-corrected chi connectivity index (χ3v) is 5.12. The van der Waals surface area contributed by atoms with Crippen LogP contribution in [0.4, 0.5) is 11.8 Å². The molecule has 0 aliphatic heterocycles. The lowest BCUT2D eigenvalue weighted by molar-refractivity contribution is 0.402. The summed E-state index contributed by atoms with van der Waals surface area (Å²) in [7, 11) is 0. The van der Waals surface area contributed by atoms with Crippen LogP contribution in [0.2, 0.25) is 0 Å². The molecule has 0 saturated heterocycles. The van der Waals surface area contributed by atoms with Crippen LogP contribution in [0.1, 0.15) is 31.2 Å². The molecular formula is C20H24N6. The van der Waals surface area contributed by atoms with E-state index >= 15 is 0 Å². The van der Waals surface area contributed by atoms with E-state index in [1.54, 1.807) is 12.4 Å². The molecule has 1 aromatic carbocycles. The summed E-state index contributed by atoms with van der Waals surface area (Å²) in [5.41, 5.74) is 16.3. The van der Waals surface area contributed by atoms with Crippen molar-refractivity contribution >= 4 is 22.7 Å². The minimum Gasteiger partial charge on any atom is -0.383 e. The molecule has 6 nitrogen and oxygen atoms in total. The predicted octanol–water partition coefficient (Wildman–Crippen LogP) is 3.26. The van der Waals surface area contributed by atoms with Crippen LogP contribution in [0.3, 0.4) is 0 Å². The van der Waals surface area contributed by atoms with Crippen molar-refractivity contribution in [2.75, 3.05) is 11.1 Å². The Morgan fingerprint density at radius 2 is 1.96 bits per heavy atom. The molecule has 5 N–H and O–H groups in total. The maximum Gasteiger partial charge on any atom is 0.223 e. The molecule has 2 unspecified atom stereocenters. The Balaban J connectivity index is 1.77. The van der Waals surface area contributed by atoms with E-state index in [2.05, 4.69) is 40.4 Å². The van der Waals surface area contributed by atoms with E-state index in [1.807, 2.05) is 6.07 Å². The number of pyridine rings is 1. The van der Waals surface area contributed by atoms with Crippen molar-refractivity contribution in [1.82, 2.24) is 15.0 Å². The van der Waals surface area contributed by atoms with Crippen LogP contribution in [0.15, 0.2) is 36.7 Å². The van der Waals surface area contributed by atoms with Gasteiger partial charge in [0.1, 0.15) is 5.82 Å². The number of aryl methyl sites for hydroxylation is 1. The van der Waals surface area contributed by atoms with Crippen molar-refractivity contribution in [2.24, 2.45) is 5.73 Å². The molecule has 4 rings (SSSR count). The van der Waals surface area contributed by atoms with Gasteiger partial charge >= 0.3 is 0 Å². The number of nitrogens with two attached hydrogens (primary N) is 2. The molecular weight excluding hydrogens is 324 g/mol. The zero-order valence-electron chi connectivity index (χ0n) is 14.9. The quantitative estimate of drug-likeness (QED) is 0.671. The first kappa shape index (κ1) is 16.7. The summed E-state index contributed by atoms with van der Waals surface area (Å²) in [6, 6.07) is 8.65. The molecule has 134 valence electrons. The number of hydrogen-bond acceptors (Lipinski definition) is 6. The fourth-order valence-electron chi connectivity index (χ4n) is 3.64. The highest BCUT2D eigenvalue weighted by Crippen LogP contribution is 2.30. The van der Waals surface area contributed by atoms with Gasteiger partial charge in [0.15, 0.2) is 0 Å². The molecule has 2 atom stereocenters. The van der Waals surface area contributed by atoms with Crippen molar-refractivity contribution in [3.05, 3.63) is 42.2 Å². The second-order valence-corrected chi connectivity index (χ2v) is 7.08. The topological polar surface area (TPSA) is 103 Å². The highest BCUT2D eigenvalue weighted by Gasteiger charge is 2.22. The summed E-state index contributed by atoms with van der Waals surface area (Å²) >= 11 is 0. The molecule has 26 heavy (non-hydrogen) atoms. The first-order chi connectivity index (χ1) is 12.6. The number of nitrogen functional groups attached to an aromatic ring is 1. The Hall–Kier alpha value is -2.73. The van der Waals surface area contributed by atoms with Gasteiger partial charge in [0.2, 0.25) is 5.95 Å². The van der Waals surface area contributed by atoms with Gasteiger partial charge in [-0.1, -0.05) is 42.7 Å². The summed E-state index contributed by atoms with van der Waals surface area (Å²) in [6.45, 7) is 2.07. The maximum absolute atomic E-state index is 6.25. The van der Waals surface area contributed by atoms with Crippen LogP contribution in [-0.4, -0.2) is 27.0 Å². The summed E-state index contributed by atoms with van der Waals surface area (Å²) in [4.78, 5) is 13.6. The molecule has 2 aromatic heterocycles. The molecule has 0 radical (unpaired) electrons. The highest BCUT2D eigenvalue weighted by molar-refractivity contribution is 5.98. The molecule has 2 heterocycles. The van der Waals surface area contributed by atoms with Crippen LogP contribution in [0.25, 0.3) is 22.0 Å². The highest BCUT2D eigenvalue weighted by atomic mass is 15.1. The molecule has 1 aliphatic rings. The number of benzene rings is 1. The first-order valence-electron chi connectivity index (χ1n) is 9.12. The zero-order chi connectivity index (χ0) is 18.1. The van der Waals surface area contributed by atoms with Gasteiger partial charge in [0.05, 0.1) is 10.9 Å². The van der Waals surface area contributed by atoms with E-state index in [4.69, 9.17) is 16.5 Å². The van der Waals surface area contributed by atoms with Gasteiger partial charge in [-0.3, -0.25) is 0 Å². The van der Waals surface area contributed by atoms with E-state index < -0.39 is 0 Å². The number of fused-ring (bicyclic) bond motifs is 1. The van der Waals surface area contributed by atoms with E-state index in [0.29, 0.717) is 11.8 Å². The van der Waals surface area contributed by atoms with Gasteiger partial charge < -0.3 is 16.8 Å². The fraction of sp³-hybridized carbons (Fsp3) is 0.350. The number of nitrogens with zero attached hydrogens (tertiary/aromatic N) is 3. The van der Waals surface area contributed by atoms with E-state index in [9.17, 15) is 0 Å². The zero-order valence-corrected chi connectivity index (χ0v) is 14.9. The molecule has 0 bridgehead atoms. The van der Waals surface area contributed by atoms with Crippen LogP contribution in [-0.2, 0) is 0 Å². The molecule has 1 fully saturated rings. The fourth-order valence-corrected chi connectivity index (χ4v) is 3.64. The average molecular weight is 348 g/mol. The Labute approximate surface area is 153 Å². The van der Waals surface area contributed by atoms with Gasteiger partial charge in [0, 0.05) is 30.0 Å². The number of anilines is 2. The van der Waals surface area contributed by atoms with E-state index in [1.165, 1.54) is 18.4 Å². The van der Waals surface area contributed by atoms with Gasteiger partial charge in [-0.15, -0.1) is 0 Å². The minimum absolute atomic E-state index is 0.141. The van der Waals surface area contributed by atoms with E-state index in [-0.39, 0.29) is 12.1 Å². The SMILES string of the molecule is Cc1cccc(-c2cnc(N)c3cnc(NC4CCCCC4N)nc23)c1. The van der Waals surface area contributed by atoms with Crippen LogP contribution in [0, 0.1) is 6.92 Å². The van der Waals surface area contributed by atoms with Gasteiger partial charge in [0.25, 0.3) is 0 Å². The molecule has 6 heteroatoms. The third kappa shape index (κ3) is 3.20. The average Bonchev–Trinajstić information content (AvgIpc) is 2.64. The van der Waals surface area contributed by atoms with Crippen LogP contribution >= 0.6 is 0 Å². The summed E-state index contributed by atoms with van der Waals surface area (Å²) in [6.07, 6.45) is 8.00. The van der Waals surface area contributed by atoms with Crippen molar-refractivity contribution < 1.29 is 0 Å². The number of rotatable bonds is 3. The minimum atomic E-state index is 0.141. The third-order valence-electron chi connectivity index (χ3n) is 5.12. The second-order valence-electron chi connectivity index (χ2n) is 7.08. The van der Waals surface area contributed by atoms with Crippen LogP contribution in [0.5, 0.6) is 0 Å².